The summed E-state index contributed by atoms with van der Waals surface area (Å²) < 4.78 is 0. The van der Waals surface area contributed by atoms with E-state index in [2.05, 4.69) is 0 Å². The van der Waals surface area contributed by atoms with Crippen molar-refractivity contribution < 1.29 is 15.0 Å². The number of anilines is 2. The molecule has 0 atom stereocenters. The summed E-state index contributed by atoms with van der Waals surface area (Å²) in [6.07, 6.45) is 0. The van der Waals surface area contributed by atoms with Crippen molar-refractivity contribution in [3.8, 4) is 0 Å². The molecule has 1 amide bonds. The Hall–Kier alpha value is -1.79. The second kappa shape index (κ2) is 6.96. The number of hydrogen-bond donors (Lipinski definition) is 3. The highest BCUT2D eigenvalue weighted by atomic mass is 16.3. The molecule has 6 nitrogen and oxygen atoms in total. The number of amides is 1. The van der Waals surface area contributed by atoms with Crippen molar-refractivity contribution in [3.05, 3.63) is 23.8 Å². The fourth-order valence-corrected chi connectivity index (χ4v) is 1.83. The van der Waals surface area contributed by atoms with Gasteiger partial charge >= 0.3 is 0 Å². The first kappa shape index (κ1) is 15.3. The molecule has 0 aliphatic carbocycles. The third-order valence-electron chi connectivity index (χ3n) is 2.78. The average molecular weight is 267 g/mol. The van der Waals surface area contributed by atoms with E-state index in [1.54, 1.807) is 18.2 Å². The molecule has 19 heavy (non-hydrogen) atoms. The third-order valence-corrected chi connectivity index (χ3v) is 2.78. The smallest absolute Gasteiger partial charge is 0.254 e. The first-order valence-corrected chi connectivity index (χ1v) is 6.09. The number of nitrogens with two attached hydrogens (primary N) is 1. The molecule has 0 bridgehead atoms. The number of hydrogen-bond acceptors (Lipinski definition) is 5. The highest BCUT2D eigenvalue weighted by Crippen LogP contribution is 2.22. The number of carbonyl (C=O) groups is 1. The molecular weight excluding hydrogens is 246 g/mol. The predicted octanol–water partition coefficient (Wildman–Crippen LogP) is -0.238. The van der Waals surface area contributed by atoms with E-state index in [0.29, 0.717) is 11.3 Å². The van der Waals surface area contributed by atoms with Crippen molar-refractivity contribution in [1.82, 2.24) is 4.90 Å². The zero-order valence-electron chi connectivity index (χ0n) is 11.3. The molecule has 0 saturated heterocycles. The van der Waals surface area contributed by atoms with E-state index in [4.69, 9.17) is 15.9 Å². The van der Waals surface area contributed by atoms with E-state index in [0.717, 1.165) is 5.69 Å². The standard InChI is InChI=1S/C13H21N3O3/c1-15(2)12-4-3-10(9-11(12)14)13(19)16(5-7-17)6-8-18/h3-4,9,17-18H,5-8,14H2,1-2H3. The minimum absolute atomic E-state index is 0.142. The van der Waals surface area contributed by atoms with Crippen LogP contribution in [0.25, 0.3) is 0 Å². The fourth-order valence-electron chi connectivity index (χ4n) is 1.83. The molecule has 0 aliphatic rings. The van der Waals surface area contributed by atoms with E-state index in [9.17, 15) is 4.79 Å². The largest absolute Gasteiger partial charge is 0.397 e. The second-order valence-electron chi connectivity index (χ2n) is 4.41. The van der Waals surface area contributed by atoms with Crippen molar-refractivity contribution in [3.63, 3.8) is 0 Å². The SMILES string of the molecule is CN(C)c1ccc(C(=O)N(CCO)CCO)cc1N. The molecule has 0 spiro atoms. The van der Waals surface area contributed by atoms with Crippen LogP contribution in [0.1, 0.15) is 10.4 Å². The number of benzene rings is 1. The van der Waals surface area contributed by atoms with Crippen LogP contribution in [0.5, 0.6) is 0 Å². The van der Waals surface area contributed by atoms with Gasteiger partial charge in [-0.3, -0.25) is 4.79 Å². The summed E-state index contributed by atoms with van der Waals surface area (Å²) in [7, 11) is 3.74. The number of rotatable bonds is 6. The molecule has 1 rings (SSSR count). The molecule has 0 aliphatic heterocycles. The van der Waals surface area contributed by atoms with Crippen molar-refractivity contribution in [2.75, 3.05) is 51.0 Å². The zero-order chi connectivity index (χ0) is 14.4. The molecule has 0 radical (unpaired) electrons. The summed E-state index contributed by atoms with van der Waals surface area (Å²) in [5.74, 6) is -0.250. The lowest BCUT2D eigenvalue weighted by Crippen LogP contribution is -2.35. The van der Waals surface area contributed by atoms with Gasteiger partial charge in [-0.2, -0.15) is 0 Å². The van der Waals surface area contributed by atoms with Crippen LogP contribution in [0.15, 0.2) is 18.2 Å². The van der Waals surface area contributed by atoms with Gasteiger partial charge in [-0.25, -0.2) is 0 Å². The van der Waals surface area contributed by atoms with Gasteiger partial charge in [0.15, 0.2) is 0 Å². The van der Waals surface area contributed by atoms with Gasteiger partial charge < -0.3 is 25.7 Å². The summed E-state index contributed by atoms with van der Waals surface area (Å²) in [5, 5.41) is 17.8. The van der Waals surface area contributed by atoms with Crippen molar-refractivity contribution in [1.29, 1.82) is 0 Å². The van der Waals surface area contributed by atoms with Gasteiger partial charge in [-0.15, -0.1) is 0 Å². The maximum atomic E-state index is 12.2. The Bertz CT molecular complexity index is 429. The topological polar surface area (TPSA) is 90.0 Å². The number of nitrogens with zero attached hydrogens (tertiary/aromatic N) is 2. The first-order valence-electron chi connectivity index (χ1n) is 6.09. The minimum Gasteiger partial charge on any atom is -0.397 e. The molecule has 0 aromatic heterocycles. The van der Waals surface area contributed by atoms with Gasteiger partial charge in [0.25, 0.3) is 5.91 Å². The molecule has 0 heterocycles. The Morgan fingerprint density at radius 1 is 1.21 bits per heavy atom. The molecule has 0 fully saturated rings. The Kier molecular flexibility index (Phi) is 5.59. The van der Waals surface area contributed by atoms with E-state index < -0.39 is 0 Å². The van der Waals surface area contributed by atoms with Crippen LogP contribution in [0.4, 0.5) is 11.4 Å². The Balaban J connectivity index is 2.95. The normalized spacial score (nSPS) is 10.3. The second-order valence-corrected chi connectivity index (χ2v) is 4.41. The van der Waals surface area contributed by atoms with Gasteiger partial charge in [0, 0.05) is 32.7 Å². The van der Waals surface area contributed by atoms with Gasteiger partial charge in [-0.1, -0.05) is 0 Å². The van der Waals surface area contributed by atoms with E-state index in [1.165, 1.54) is 4.90 Å². The molecule has 1 aromatic rings. The van der Waals surface area contributed by atoms with Gasteiger partial charge in [-0.05, 0) is 18.2 Å². The lowest BCUT2D eigenvalue weighted by Gasteiger charge is -2.22. The van der Waals surface area contributed by atoms with Crippen molar-refractivity contribution in [2.24, 2.45) is 0 Å². The number of aliphatic hydroxyl groups is 2. The molecule has 6 heteroatoms. The summed E-state index contributed by atoms with van der Waals surface area (Å²) in [6, 6.07) is 5.08. The van der Waals surface area contributed by atoms with Crippen molar-refractivity contribution in [2.45, 2.75) is 0 Å². The maximum Gasteiger partial charge on any atom is 0.254 e. The molecule has 0 unspecified atom stereocenters. The zero-order valence-corrected chi connectivity index (χ0v) is 11.3. The van der Waals surface area contributed by atoms with Gasteiger partial charge in [0.1, 0.15) is 0 Å². The van der Waals surface area contributed by atoms with Crippen LogP contribution in [-0.2, 0) is 0 Å². The fraction of sp³-hybridized carbons (Fsp3) is 0.462. The summed E-state index contributed by atoms with van der Waals surface area (Å²) in [4.78, 5) is 15.4. The first-order chi connectivity index (χ1) is 9.01. The Morgan fingerprint density at radius 3 is 2.21 bits per heavy atom. The Labute approximate surface area is 113 Å². The van der Waals surface area contributed by atoms with Crippen LogP contribution >= 0.6 is 0 Å². The predicted molar refractivity (Wildman–Crippen MR) is 75.3 cm³/mol. The lowest BCUT2D eigenvalue weighted by molar-refractivity contribution is 0.0685. The molecule has 1 aromatic carbocycles. The average Bonchev–Trinajstić information content (AvgIpc) is 2.37. The van der Waals surface area contributed by atoms with Crippen molar-refractivity contribution >= 4 is 17.3 Å². The van der Waals surface area contributed by atoms with Crippen LogP contribution < -0.4 is 10.6 Å². The van der Waals surface area contributed by atoms with E-state index >= 15 is 0 Å². The summed E-state index contributed by atoms with van der Waals surface area (Å²) in [5.41, 5.74) is 7.70. The molecule has 4 N–H and O–H groups in total. The van der Waals surface area contributed by atoms with Crippen LogP contribution in [0, 0.1) is 0 Å². The highest BCUT2D eigenvalue weighted by molar-refractivity contribution is 5.96. The maximum absolute atomic E-state index is 12.2. The number of carbonyl (C=O) groups excluding carboxylic acids is 1. The van der Waals surface area contributed by atoms with Crippen LogP contribution in [0.3, 0.4) is 0 Å². The van der Waals surface area contributed by atoms with E-state index in [-0.39, 0.29) is 32.2 Å². The van der Waals surface area contributed by atoms with Crippen LogP contribution in [-0.4, -0.2) is 61.4 Å². The minimum atomic E-state index is -0.250. The monoisotopic (exact) mass is 267 g/mol. The summed E-state index contributed by atoms with van der Waals surface area (Å²) >= 11 is 0. The lowest BCUT2D eigenvalue weighted by atomic mass is 10.1. The quantitative estimate of drug-likeness (QED) is 0.619. The van der Waals surface area contributed by atoms with Crippen LogP contribution in [0.2, 0.25) is 0 Å². The third kappa shape index (κ3) is 3.84. The molecular formula is C13H21N3O3. The molecule has 0 saturated carbocycles. The Morgan fingerprint density at radius 2 is 1.79 bits per heavy atom. The van der Waals surface area contributed by atoms with E-state index in [1.807, 2.05) is 19.0 Å². The highest BCUT2D eigenvalue weighted by Gasteiger charge is 2.16. The number of aliphatic hydroxyl groups excluding tert-OH is 2. The van der Waals surface area contributed by atoms with Gasteiger partial charge in [0.2, 0.25) is 0 Å². The molecule has 106 valence electrons. The van der Waals surface area contributed by atoms with Gasteiger partial charge in [0.05, 0.1) is 24.6 Å². The number of nitrogen functional groups attached to an aromatic ring is 1. The summed E-state index contributed by atoms with van der Waals surface area (Å²) in [6.45, 7) is 0.0947.